The lowest BCUT2D eigenvalue weighted by atomic mass is 9.89. The molecule has 7 heteroatoms. The lowest BCUT2D eigenvalue weighted by molar-refractivity contribution is -0.117. The SMILES string of the molecule is C[C@H]1CCc2c(sc(NC(=O)CN3CCN(c4cccc(Cl)c4)CC3)c2C#N)C1. The molecule has 0 spiro atoms. The summed E-state index contributed by atoms with van der Waals surface area (Å²) in [5.41, 5.74) is 2.95. The van der Waals surface area contributed by atoms with Gasteiger partial charge in [-0.05, 0) is 48.9 Å². The average Bonchev–Trinajstić information content (AvgIpc) is 3.04. The molecule has 0 radical (unpaired) electrons. The number of nitriles is 1. The molecule has 1 N–H and O–H groups in total. The van der Waals surface area contributed by atoms with Crippen molar-refractivity contribution in [3.63, 3.8) is 0 Å². The zero-order valence-electron chi connectivity index (χ0n) is 16.6. The lowest BCUT2D eigenvalue weighted by Crippen LogP contribution is -2.48. The number of thiophene rings is 1. The smallest absolute Gasteiger partial charge is 0.239 e. The third kappa shape index (κ3) is 4.58. The molecule has 1 saturated heterocycles. The van der Waals surface area contributed by atoms with Crippen molar-refractivity contribution in [3.05, 3.63) is 45.3 Å². The van der Waals surface area contributed by atoms with Crippen molar-refractivity contribution in [2.24, 2.45) is 5.92 Å². The molecular formula is C22H25ClN4OS. The van der Waals surface area contributed by atoms with Crippen molar-refractivity contribution < 1.29 is 4.79 Å². The number of hydrogen-bond donors (Lipinski definition) is 1. The molecule has 1 amide bonds. The summed E-state index contributed by atoms with van der Waals surface area (Å²) in [5.74, 6) is 0.608. The van der Waals surface area contributed by atoms with Crippen LogP contribution in [0.25, 0.3) is 0 Å². The third-order valence-corrected chi connectivity index (χ3v) is 7.19. The summed E-state index contributed by atoms with van der Waals surface area (Å²) in [4.78, 5) is 18.4. The van der Waals surface area contributed by atoms with E-state index in [4.69, 9.17) is 11.6 Å². The normalized spacial score (nSPS) is 19.5. The molecule has 1 fully saturated rings. The van der Waals surface area contributed by atoms with Gasteiger partial charge in [0.15, 0.2) is 0 Å². The highest BCUT2D eigenvalue weighted by molar-refractivity contribution is 7.16. The first-order valence-electron chi connectivity index (χ1n) is 10.1. The van der Waals surface area contributed by atoms with Crippen molar-refractivity contribution in [2.75, 3.05) is 42.9 Å². The van der Waals surface area contributed by atoms with Gasteiger partial charge >= 0.3 is 0 Å². The number of fused-ring (bicyclic) bond motifs is 1. The molecule has 2 heterocycles. The van der Waals surface area contributed by atoms with E-state index < -0.39 is 0 Å². The number of halogens is 1. The van der Waals surface area contributed by atoms with Crippen molar-refractivity contribution in [1.29, 1.82) is 5.26 Å². The fraction of sp³-hybridized carbons (Fsp3) is 0.455. The van der Waals surface area contributed by atoms with Gasteiger partial charge < -0.3 is 10.2 Å². The summed E-state index contributed by atoms with van der Waals surface area (Å²) in [7, 11) is 0. The van der Waals surface area contributed by atoms with Gasteiger partial charge in [-0.2, -0.15) is 5.26 Å². The summed E-state index contributed by atoms with van der Waals surface area (Å²) >= 11 is 7.68. The standard InChI is InChI=1S/C22H25ClN4OS/c1-15-5-6-18-19(13-24)22(29-20(18)11-15)25-21(28)14-26-7-9-27(10-8-26)17-4-2-3-16(23)12-17/h2-4,12,15H,5-11,14H2,1H3,(H,25,28)/t15-/m0/s1. The summed E-state index contributed by atoms with van der Waals surface area (Å²) in [5, 5.41) is 14.1. The summed E-state index contributed by atoms with van der Waals surface area (Å²) in [6, 6.07) is 10.2. The third-order valence-electron chi connectivity index (χ3n) is 5.79. The first-order valence-corrected chi connectivity index (χ1v) is 11.3. The van der Waals surface area contributed by atoms with Crippen LogP contribution in [0.2, 0.25) is 5.02 Å². The highest BCUT2D eigenvalue weighted by Crippen LogP contribution is 2.39. The Bertz CT molecular complexity index is 943. The van der Waals surface area contributed by atoms with E-state index in [2.05, 4.69) is 34.2 Å². The number of nitrogens with zero attached hydrogens (tertiary/aromatic N) is 3. The number of hydrogen-bond acceptors (Lipinski definition) is 5. The molecular weight excluding hydrogens is 404 g/mol. The maximum absolute atomic E-state index is 12.6. The van der Waals surface area contributed by atoms with Gasteiger partial charge in [0.1, 0.15) is 11.1 Å². The second kappa shape index (κ2) is 8.74. The predicted molar refractivity (Wildman–Crippen MR) is 119 cm³/mol. The van der Waals surface area contributed by atoms with Crippen molar-refractivity contribution in [2.45, 2.75) is 26.2 Å². The van der Waals surface area contributed by atoms with Crippen molar-refractivity contribution >= 4 is 39.5 Å². The van der Waals surface area contributed by atoms with Crippen molar-refractivity contribution in [1.82, 2.24) is 4.90 Å². The van der Waals surface area contributed by atoms with Crippen LogP contribution < -0.4 is 10.2 Å². The quantitative estimate of drug-likeness (QED) is 0.794. The maximum atomic E-state index is 12.6. The van der Waals surface area contributed by atoms with Crippen LogP contribution in [-0.4, -0.2) is 43.5 Å². The molecule has 29 heavy (non-hydrogen) atoms. The number of carbonyl (C=O) groups is 1. The molecule has 4 rings (SSSR count). The first-order chi connectivity index (χ1) is 14.0. The Morgan fingerprint density at radius 2 is 2.14 bits per heavy atom. The Morgan fingerprint density at radius 1 is 1.34 bits per heavy atom. The van der Waals surface area contributed by atoms with E-state index in [1.807, 2.05) is 18.2 Å². The monoisotopic (exact) mass is 428 g/mol. The molecule has 0 unspecified atom stereocenters. The molecule has 2 aliphatic rings. The Hall–Kier alpha value is -2.07. The van der Waals surface area contributed by atoms with Gasteiger partial charge in [0, 0.05) is 41.8 Å². The predicted octanol–water partition coefficient (Wildman–Crippen LogP) is 4.16. The van der Waals surface area contributed by atoms with Gasteiger partial charge in [-0.3, -0.25) is 9.69 Å². The second-order valence-electron chi connectivity index (χ2n) is 7.96. The van der Waals surface area contributed by atoms with E-state index in [9.17, 15) is 10.1 Å². The highest BCUT2D eigenvalue weighted by Gasteiger charge is 2.25. The number of anilines is 2. The Labute approximate surface area is 180 Å². The number of benzene rings is 1. The largest absolute Gasteiger partial charge is 0.369 e. The minimum absolute atomic E-state index is 0.0376. The average molecular weight is 429 g/mol. The summed E-state index contributed by atoms with van der Waals surface area (Å²) < 4.78 is 0. The Balaban J connectivity index is 1.34. The Kier molecular flexibility index (Phi) is 6.09. The Morgan fingerprint density at radius 3 is 2.86 bits per heavy atom. The molecule has 1 aliphatic carbocycles. The molecule has 5 nitrogen and oxygen atoms in total. The molecule has 1 atom stereocenters. The van der Waals surface area contributed by atoms with E-state index in [0.717, 1.165) is 66.7 Å². The fourth-order valence-electron chi connectivity index (χ4n) is 4.16. The van der Waals surface area contributed by atoms with Gasteiger partial charge in [0.2, 0.25) is 5.91 Å². The minimum Gasteiger partial charge on any atom is -0.369 e. The van der Waals surface area contributed by atoms with Gasteiger partial charge in [-0.25, -0.2) is 0 Å². The summed E-state index contributed by atoms with van der Waals surface area (Å²) in [6.45, 7) is 5.97. The van der Waals surface area contributed by atoms with E-state index >= 15 is 0 Å². The van der Waals surface area contributed by atoms with Crippen molar-refractivity contribution in [3.8, 4) is 6.07 Å². The lowest BCUT2D eigenvalue weighted by Gasteiger charge is -2.35. The molecule has 152 valence electrons. The van der Waals surface area contributed by atoms with E-state index in [0.29, 0.717) is 18.0 Å². The molecule has 0 bridgehead atoms. The van der Waals surface area contributed by atoms with E-state index in [1.165, 1.54) is 4.88 Å². The molecule has 1 aromatic heterocycles. The van der Waals surface area contributed by atoms with Crippen LogP contribution in [0.5, 0.6) is 0 Å². The van der Waals surface area contributed by atoms with Crippen LogP contribution in [0.1, 0.15) is 29.3 Å². The van der Waals surface area contributed by atoms with E-state index in [1.54, 1.807) is 11.3 Å². The fourth-order valence-corrected chi connectivity index (χ4v) is 5.73. The minimum atomic E-state index is -0.0376. The zero-order valence-corrected chi connectivity index (χ0v) is 18.2. The number of carbonyl (C=O) groups excluding carboxylic acids is 1. The van der Waals surface area contributed by atoms with Gasteiger partial charge in [-0.1, -0.05) is 24.6 Å². The highest BCUT2D eigenvalue weighted by atomic mass is 35.5. The molecule has 2 aromatic rings. The number of piperazine rings is 1. The molecule has 1 aromatic carbocycles. The van der Waals surface area contributed by atoms with Gasteiger partial charge in [0.25, 0.3) is 0 Å². The maximum Gasteiger partial charge on any atom is 0.239 e. The van der Waals surface area contributed by atoms with Gasteiger partial charge in [0.05, 0.1) is 12.1 Å². The molecule has 0 saturated carbocycles. The number of nitrogens with one attached hydrogen (secondary N) is 1. The van der Waals surface area contributed by atoms with Crippen LogP contribution in [0, 0.1) is 17.2 Å². The van der Waals surface area contributed by atoms with Gasteiger partial charge in [-0.15, -0.1) is 11.3 Å². The van der Waals surface area contributed by atoms with Crippen LogP contribution in [-0.2, 0) is 17.6 Å². The van der Waals surface area contributed by atoms with Crippen LogP contribution >= 0.6 is 22.9 Å². The van der Waals surface area contributed by atoms with Crippen LogP contribution in [0.3, 0.4) is 0 Å². The zero-order chi connectivity index (χ0) is 20.4. The number of rotatable bonds is 4. The summed E-state index contributed by atoms with van der Waals surface area (Å²) in [6.07, 6.45) is 3.07. The molecule has 1 aliphatic heterocycles. The van der Waals surface area contributed by atoms with Crippen LogP contribution in [0.15, 0.2) is 24.3 Å². The van der Waals surface area contributed by atoms with Crippen LogP contribution in [0.4, 0.5) is 10.7 Å². The van der Waals surface area contributed by atoms with E-state index in [-0.39, 0.29) is 5.91 Å². The topological polar surface area (TPSA) is 59.4 Å². The second-order valence-corrected chi connectivity index (χ2v) is 9.50. The number of amides is 1. The first kappa shape index (κ1) is 20.2.